The van der Waals surface area contributed by atoms with E-state index in [1.165, 1.54) is 22.7 Å². The van der Waals surface area contributed by atoms with E-state index in [0.717, 1.165) is 26.8 Å². The van der Waals surface area contributed by atoms with Crippen LogP contribution in [-0.2, 0) is 6.42 Å². The van der Waals surface area contributed by atoms with Gasteiger partial charge in [-0.2, -0.15) is 0 Å². The van der Waals surface area contributed by atoms with Crippen molar-refractivity contribution in [3.8, 4) is 11.3 Å². The van der Waals surface area contributed by atoms with E-state index in [4.69, 9.17) is 0 Å². The maximum Gasteiger partial charge on any atom is 0.181 e. The molecule has 0 aliphatic rings. The number of Topliss-reactive ketones (excluding diaryl/α,β-unsaturated/α-hetero) is 1. The van der Waals surface area contributed by atoms with Gasteiger partial charge in [-0.1, -0.05) is 30.3 Å². The van der Waals surface area contributed by atoms with E-state index < -0.39 is 0 Å². The van der Waals surface area contributed by atoms with Gasteiger partial charge in [0.2, 0.25) is 0 Å². The van der Waals surface area contributed by atoms with Crippen molar-refractivity contribution < 1.29 is 4.79 Å². The van der Waals surface area contributed by atoms with Crippen molar-refractivity contribution in [3.63, 3.8) is 0 Å². The van der Waals surface area contributed by atoms with E-state index in [1.54, 1.807) is 5.51 Å². The number of benzene rings is 1. The molecule has 5 heteroatoms. The summed E-state index contributed by atoms with van der Waals surface area (Å²) in [5.74, 6) is 0.0963. The molecule has 0 atom stereocenters. The molecule has 0 unspecified atom stereocenters. The molecule has 0 spiro atoms. The third-order valence-corrected chi connectivity index (χ3v) is 4.75. The molecule has 1 aromatic carbocycles. The highest BCUT2D eigenvalue weighted by Crippen LogP contribution is 2.23. The van der Waals surface area contributed by atoms with E-state index in [1.807, 2.05) is 42.6 Å². The summed E-state index contributed by atoms with van der Waals surface area (Å²) in [6.07, 6.45) is 0.348. The topological polar surface area (TPSA) is 42.9 Å². The Morgan fingerprint density at radius 1 is 1.20 bits per heavy atom. The normalized spacial score (nSPS) is 10.7. The molecule has 0 aliphatic carbocycles. The van der Waals surface area contributed by atoms with Gasteiger partial charge in [-0.3, -0.25) is 4.79 Å². The van der Waals surface area contributed by atoms with Gasteiger partial charge in [0, 0.05) is 10.9 Å². The average molecular weight is 300 g/mol. The van der Waals surface area contributed by atoms with Crippen molar-refractivity contribution in [2.45, 2.75) is 13.3 Å². The highest BCUT2D eigenvalue weighted by molar-refractivity contribution is 7.12. The van der Waals surface area contributed by atoms with Crippen LogP contribution in [0.5, 0.6) is 0 Å². The molecule has 2 heterocycles. The third-order valence-electron chi connectivity index (χ3n) is 2.93. The fourth-order valence-electron chi connectivity index (χ4n) is 1.92. The molecular formula is C15H12N2OS2. The molecule has 0 radical (unpaired) electrons. The van der Waals surface area contributed by atoms with Crippen LogP contribution in [0.25, 0.3) is 11.3 Å². The second-order valence-corrected chi connectivity index (χ2v) is 6.16. The van der Waals surface area contributed by atoms with Gasteiger partial charge in [0.15, 0.2) is 5.78 Å². The van der Waals surface area contributed by atoms with Crippen molar-refractivity contribution >= 4 is 28.5 Å². The second-order valence-electron chi connectivity index (χ2n) is 4.36. The molecule has 3 aromatic rings. The van der Waals surface area contributed by atoms with Crippen LogP contribution < -0.4 is 0 Å². The second kappa shape index (κ2) is 5.64. The van der Waals surface area contributed by atoms with Crippen LogP contribution >= 0.6 is 22.7 Å². The highest BCUT2D eigenvalue weighted by Gasteiger charge is 2.14. The fraction of sp³-hybridized carbons (Fsp3) is 0.133. The first kappa shape index (κ1) is 13.1. The molecule has 3 rings (SSSR count). The van der Waals surface area contributed by atoms with E-state index >= 15 is 0 Å². The minimum Gasteiger partial charge on any atom is -0.293 e. The molecule has 20 heavy (non-hydrogen) atoms. The predicted octanol–water partition coefficient (Wildman–Crippen LogP) is 4.00. The quantitative estimate of drug-likeness (QED) is 0.684. The largest absolute Gasteiger partial charge is 0.293 e. The molecule has 100 valence electrons. The van der Waals surface area contributed by atoms with Gasteiger partial charge in [0.1, 0.15) is 5.01 Å². The Balaban J connectivity index is 1.78. The molecule has 0 N–H and O–H groups in total. The van der Waals surface area contributed by atoms with Crippen LogP contribution in [0.2, 0.25) is 0 Å². The number of thiazole rings is 2. The number of hydrogen-bond acceptors (Lipinski definition) is 5. The summed E-state index contributed by atoms with van der Waals surface area (Å²) < 4.78 is 0. The molecule has 0 aliphatic heterocycles. The molecule has 0 saturated heterocycles. The van der Waals surface area contributed by atoms with E-state index in [0.29, 0.717) is 6.42 Å². The Kier molecular flexibility index (Phi) is 3.71. The van der Waals surface area contributed by atoms with Crippen molar-refractivity contribution in [2.75, 3.05) is 0 Å². The Labute approximate surface area is 125 Å². The SMILES string of the molecule is Cc1ncsc1C(=O)Cc1nc(-c2ccccc2)cs1. The lowest BCUT2D eigenvalue weighted by atomic mass is 10.2. The number of rotatable bonds is 4. The zero-order valence-electron chi connectivity index (χ0n) is 10.9. The van der Waals surface area contributed by atoms with E-state index in [-0.39, 0.29) is 5.78 Å². The summed E-state index contributed by atoms with van der Waals surface area (Å²) in [4.78, 5) is 21.6. The Morgan fingerprint density at radius 2 is 2.00 bits per heavy atom. The number of ketones is 1. The van der Waals surface area contributed by atoms with Gasteiger partial charge in [-0.25, -0.2) is 9.97 Å². The minimum atomic E-state index is 0.0963. The van der Waals surface area contributed by atoms with Gasteiger partial charge in [-0.05, 0) is 6.92 Å². The van der Waals surface area contributed by atoms with Crippen LogP contribution in [0.3, 0.4) is 0 Å². The first-order chi connectivity index (χ1) is 9.74. The van der Waals surface area contributed by atoms with Crippen molar-refractivity contribution in [1.29, 1.82) is 0 Å². The first-order valence-corrected chi connectivity index (χ1v) is 7.93. The molecule has 0 bridgehead atoms. The first-order valence-electron chi connectivity index (χ1n) is 6.17. The predicted molar refractivity (Wildman–Crippen MR) is 82.4 cm³/mol. The Morgan fingerprint density at radius 3 is 2.70 bits per heavy atom. The van der Waals surface area contributed by atoms with Gasteiger partial charge in [-0.15, -0.1) is 22.7 Å². The Hall–Kier alpha value is -1.85. The smallest absolute Gasteiger partial charge is 0.181 e. The standard InChI is InChI=1S/C15H12N2OS2/c1-10-15(20-9-16-10)13(18)7-14-17-12(8-19-14)11-5-3-2-4-6-11/h2-6,8-9H,7H2,1H3. The van der Waals surface area contributed by atoms with Gasteiger partial charge in [0.05, 0.1) is 28.2 Å². The van der Waals surface area contributed by atoms with Crippen molar-refractivity contribution in [3.05, 3.63) is 56.8 Å². The summed E-state index contributed by atoms with van der Waals surface area (Å²) in [6, 6.07) is 10.00. The minimum absolute atomic E-state index is 0.0963. The van der Waals surface area contributed by atoms with Gasteiger partial charge in [0.25, 0.3) is 0 Å². The molecule has 0 saturated carbocycles. The van der Waals surface area contributed by atoms with Crippen molar-refractivity contribution in [2.24, 2.45) is 0 Å². The number of carbonyl (C=O) groups excluding carboxylic acids is 1. The number of carbonyl (C=O) groups is 1. The van der Waals surface area contributed by atoms with Crippen LogP contribution in [0.4, 0.5) is 0 Å². The van der Waals surface area contributed by atoms with Gasteiger partial charge < -0.3 is 0 Å². The van der Waals surface area contributed by atoms with Crippen LogP contribution in [-0.4, -0.2) is 15.8 Å². The zero-order valence-corrected chi connectivity index (χ0v) is 12.5. The fourth-order valence-corrected chi connectivity index (χ4v) is 3.47. The Bertz CT molecular complexity index is 731. The lowest BCUT2D eigenvalue weighted by molar-refractivity contribution is 0.0996. The summed E-state index contributed by atoms with van der Waals surface area (Å²) in [5, 5.41) is 2.85. The highest BCUT2D eigenvalue weighted by atomic mass is 32.1. The van der Waals surface area contributed by atoms with E-state index in [2.05, 4.69) is 9.97 Å². The van der Waals surface area contributed by atoms with E-state index in [9.17, 15) is 4.79 Å². The van der Waals surface area contributed by atoms with Crippen LogP contribution in [0.1, 0.15) is 20.4 Å². The third kappa shape index (κ3) is 2.69. The molecule has 0 fully saturated rings. The van der Waals surface area contributed by atoms with Crippen LogP contribution in [0, 0.1) is 6.92 Å². The lowest BCUT2D eigenvalue weighted by Gasteiger charge is -1.96. The zero-order chi connectivity index (χ0) is 13.9. The average Bonchev–Trinajstić information content (AvgIpc) is 3.09. The number of hydrogen-bond donors (Lipinski definition) is 0. The monoisotopic (exact) mass is 300 g/mol. The maximum atomic E-state index is 12.2. The molecule has 3 nitrogen and oxygen atoms in total. The summed E-state index contributed by atoms with van der Waals surface area (Å²) >= 11 is 2.92. The lowest BCUT2D eigenvalue weighted by Crippen LogP contribution is -2.02. The maximum absolute atomic E-state index is 12.2. The molecule has 2 aromatic heterocycles. The molecular weight excluding hydrogens is 288 g/mol. The summed E-state index contributed by atoms with van der Waals surface area (Å²) in [5.41, 5.74) is 4.52. The van der Waals surface area contributed by atoms with Crippen LogP contribution in [0.15, 0.2) is 41.2 Å². The van der Waals surface area contributed by atoms with Gasteiger partial charge >= 0.3 is 0 Å². The number of aryl methyl sites for hydroxylation is 1. The van der Waals surface area contributed by atoms with Crippen molar-refractivity contribution in [1.82, 2.24) is 9.97 Å². The summed E-state index contributed by atoms with van der Waals surface area (Å²) in [6.45, 7) is 1.86. The number of nitrogens with zero attached hydrogens (tertiary/aromatic N) is 2. The summed E-state index contributed by atoms with van der Waals surface area (Å²) in [7, 11) is 0. The number of aromatic nitrogens is 2. The molecule has 0 amide bonds.